The van der Waals surface area contributed by atoms with Gasteiger partial charge < -0.3 is 4.90 Å². The lowest BCUT2D eigenvalue weighted by molar-refractivity contribution is -0.136. The second-order valence-electron chi connectivity index (χ2n) is 7.54. The molecule has 30 heavy (non-hydrogen) atoms. The van der Waals surface area contributed by atoms with Gasteiger partial charge in [0.25, 0.3) is 0 Å². The van der Waals surface area contributed by atoms with E-state index in [1.165, 1.54) is 0 Å². The molecule has 0 fully saturated rings. The van der Waals surface area contributed by atoms with Crippen molar-refractivity contribution in [2.75, 3.05) is 11.9 Å². The molecule has 0 aliphatic rings. The van der Waals surface area contributed by atoms with Crippen molar-refractivity contribution in [3.05, 3.63) is 66.4 Å². The van der Waals surface area contributed by atoms with Crippen LogP contribution in [-0.2, 0) is 9.59 Å². The summed E-state index contributed by atoms with van der Waals surface area (Å²) in [4.78, 5) is 31.2. The van der Waals surface area contributed by atoms with Gasteiger partial charge in [-0.2, -0.15) is 0 Å². The fraction of sp³-hybridized carbons (Fsp3) is 0.292. The van der Waals surface area contributed by atoms with E-state index in [1.807, 2.05) is 86.1 Å². The topological polar surface area (TPSA) is 67.2 Å². The van der Waals surface area contributed by atoms with E-state index >= 15 is 0 Å². The highest BCUT2D eigenvalue weighted by Gasteiger charge is 2.20. The van der Waals surface area contributed by atoms with Crippen molar-refractivity contribution in [3.8, 4) is 16.9 Å². The first kappa shape index (κ1) is 21.3. The second kappa shape index (κ2) is 9.39. The monoisotopic (exact) mass is 404 g/mol. The van der Waals surface area contributed by atoms with Crippen LogP contribution < -0.4 is 5.32 Å². The van der Waals surface area contributed by atoms with E-state index in [-0.39, 0.29) is 24.4 Å². The first-order valence-corrected chi connectivity index (χ1v) is 10.2. The Morgan fingerprint density at radius 3 is 2.47 bits per heavy atom. The number of nitrogens with one attached hydrogen (secondary N) is 1. The molecule has 2 amide bonds. The molecule has 0 aliphatic carbocycles. The van der Waals surface area contributed by atoms with Crippen molar-refractivity contribution in [3.63, 3.8) is 0 Å². The number of aromatic nitrogens is 2. The fourth-order valence-corrected chi connectivity index (χ4v) is 3.27. The van der Waals surface area contributed by atoms with Gasteiger partial charge in [0.2, 0.25) is 17.8 Å². The van der Waals surface area contributed by atoms with E-state index in [4.69, 9.17) is 0 Å². The van der Waals surface area contributed by atoms with Crippen LogP contribution in [0.15, 0.2) is 60.8 Å². The van der Waals surface area contributed by atoms with Crippen molar-refractivity contribution in [2.45, 2.75) is 40.2 Å². The number of carbonyl (C=O) groups excluding carboxylic acids is 2. The molecular formula is C24H28N4O2. The van der Waals surface area contributed by atoms with Gasteiger partial charge in [0.1, 0.15) is 6.54 Å². The lowest BCUT2D eigenvalue weighted by Gasteiger charge is -2.25. The normalized spacial score (nSPS) is 10.8. The Balaban J connectivity index is 1.93. The summed E-state index contributed by atoms with van der Waals surface area (Å²) >= 11 is 0. The highest BCUT2D eigenvalue weighted by Crippen LogP contribution is 2.24. The zero-order chi connectivity index (χ0) is 21.7. The van der Waals surface area contributed by atoms with Crippen LogP contribution in [0.25, 0.3) is 16.9 Å². The van der Waals surface area contributed by atoms with Crippen molar-refractivity contribution in [1.82, 2.24) is 14.5 Å². The van der Waals surface area contributed by atoms with Gasteiger partial charge >= 0.3 is 0 Å². The van der Waals surface area contributed by atoms with E-state index in [2.05, 4.69) is 10.3 Å². The van der Waals surface area contributed by atoms with Gasteiger partial charge in [0.05, 0.1) is 5.69 Å². The zero-order valence-corrected chi connectivity index (χ0v) is 17.9. The van der Waals surface area contributed by atoms with Crippen molar-refractivity contribution in [2.24, 2.45) is 0 Å². The number of amides is 2. The zero-order valence-electron chi connectivity index (χ0n) is 17.9. The molecule has 156 valence electrons. The molecule has 0 radical (unpaired) electrons. The Bertz CT molecular complexity index is 1020. The largest absolute Gasteiger partial charge is 0.331 e. The highest BCUT2D eigenvalue weighted by atomic mass is 16.2. The third-order valence-electron chi connectivity index (χ3n) is 4.87. The molecule has 0 saturated heterocycles. The van der Waals surface area contributed by atoms with Crippen LogP contribution in [0.2, 0.25) is 0 Å². The maximum Gasteiger partial charge on any atom is 0.246 e. The summed E-state index contributed by atoms with van der Waals surface area (Å²) in [5.41, 5.74) is 3.74. The average molecular weight is 405 g/mol. The molecule has 1 N–H and O–H groups in total. The molecule has 1 heterocycles. The third kappa shape index (κ3) is 4.95. The van der Waals surface area contributed by atoms with Crippen LogP contribution in [-0.4, -0.2) is 38.9 Å². The summed E-state index contributed by atoms with van der Waals surface area (Å²) in [6.45, 7) is 7.62. The third-order valence-corrected chi connectivity index (χ3v) is 4.87. The number of hydrogen-bond donors (Lipinski definition) is 1. The molecule has 0 atom stereocenters. The van der Waals surface area contributed by atoms with E-state index in [0.29, 0.717) is 12.4 Å². The van der Waals surface area contributed by atoms with Crippen LogP contribution in [0.3, 0.4) is 0 Å². The van der Waals surface area contributed by atoms with E-state index < -0.39 is 0 Å². The number of nitrogens with zero attached hydrogens (tertiary/aromatic N) is 3. The lowest BCUT2D eigenvalue weighted by atomic mass is 10.2. The first-order chi connectivity index (χ1) is 14.4. The number of imidazole rings is 1. The molecule has 6 heteroatoms. The first-order valence-electron chi connectivity index (χ1n) is 10.2. The van der Waals surface area contributed by atoms with Crippen molar-refractivity contribution >= 4 is 17.8 Å². The lowest BCUT2D eigenvalue weighted by Crippen LogP contribution is -2.42. The van der Waals surface area contributed by atoms with E-state index in [1.54, 1.807) is 11.8 Å². The van der Waals surface area contributed by atoms with E-state index in [0.717, 1.165) is 22.5 Å². The molecule has 2 aromatic carbocycles. The summed E-state index contributed by atoms with van der Waals surface area (Å²) in [6, 6.07) is 17.8. The number of hydrogen-bond acceptors (Lipinski definition) is 3. The van der Waals surface area contributed by atoms with Gasteiger partial charge in [-0.15, -0.1) is 0 Å². The number of benzene rings is 2. The minimum Gasteiger partial charge on any atom is -0.331 e. The molecule has 6 nitrogen and oxygen atoms in total. The molecule has 0 aliphatic heterocycles. The molecule has 3 rings (SSSR count). The summed E-state index contributed by atoms with van der Waals surface area (Å²) in [6.07, 6.45) is 2.28. The van der Waals surface area contributed by atoms with E-state index in [9.17, 15) is 9.59 Å². The Kier molecular flexibility index (Phi) is 6.67. The Morgan fingerprint density at radius 1 is 1.10 bits per heavy atom. The minimum atomic E-state index is -0.274. The fourth-order valence-electron chi connectivity index (χ4n) is 3.27. The van der Waals surface area contributed by atoms with Gasteiger partial charge in [0.15, 0.2) is 0 Å². The highest BCUT2D eigenvalue weighted by molar-refractivity contribution is 5.94. The number of aryl methyl sites for hydroxylation is 1. The molecule has 1 aromatic heterocycles. The SMILES string of the molecule is CCC(=O)N(CC(=O)Nc1nc(-c2ccccc2)cn1-c1cccc(C)c1)C(C)C. The molecule has 0 saturated carbocycles. The van der Waals surface area contributed by atoms with Crippen LogP contribution >= 0.6 is 0 Å². The molecule has 0 unspecified atom stereocenters. The average Bonchev–Trinajstić information content (AvgIpc) is 3.15. The summed E-state index contributed by atoms with van der Waals surface area (Å²) in [5, 5.41) is 2.90. The van der Waals surface area contributed by atoms with Gasteiger partial charge in [-0.3, -0.25) is 19.5 Å². The molecule has 0 spiro atoms. The molecular weight excluding hydrogens is 376 g/mol. The van der Waals surface area contributed by atoms with Gasteiger partial charge in [-0.25, -0.2) is 4.98 Å². The van der Waals surface area contributed by atoms with Crippen LogP contribution in [0.1, 0.15) is 32.8 Å². The van der Waals surface area contributed by atoms with Gasteiger partial charge in [0, 0.05) is 29.9 Å². The van der Waals surface area contributed by atoms with Crippen molar-refractivity contribution in [1.29, 1.82) is 0 Å². The smallest absolute Gasteiger partial charge is 0.246 e. The van der Waals surface area contributed by atoms with Crippen molar-refractivity contribution < 1.29 is 9.59 Å². The van der Waals surface area contributed by atoms with Crippen LogP contribution in [0.4, 0.5) is 5.95 Å². The number of carbonyl (C=O) groups is 2. The maximum atomic E-state index is 12.8. The summed E-state index contributed by atoms with van der Waals surface area (Å²) in [7, 11) is 0. The van der Waals surface area contributed by atoms with Gasteiger partial charge in [-0.1, -0.05) is 49.4 Å². The standard InChI is InChI=1S/C24H28N4O2/c1-5-23(30)27(17(2)3)16-22(29)26-24-25-21(19-11-7-6-8-12-19)15-28(24)20-13-9-10-18(4)14-20/h6-15,17H,5,16H2,1-4H3,(H,25,26,29). The number of rotatable bonds is 7. The Morgan fingerprint density at radius 2 is 1.83 bits per heavy atom. The predicted molar refractivity (Wildman–Crippen MR) is 120 cm³/mol. The van der Waals surface area contributed by atoms with Crippen LogP contribution in [0.5, 0.6) is 0 Å². The maximum absolute atomic E-state index is 12.8. The predicted octanol–water partition coefficient (Wildman–Crippen LogP) is 4.43. The summed E-state index contributed by atoms with van der Waals surface area (Å²) < 4.78 is 1.87. The molecule has 3 aromatic rings. The van der Waals surface area contributed by atoms with Gasteiger partial charge in [-0.05, 0) is 38.5 Å². The Labute approximate surface area is 177 Å². The number of anilines is 1. The minimum absolute atomic E-state index is 0.00825. The van der Waals surface area contributed by atoms with Crippen LogP contribution in [0, 0.1) is 6.92 Å². The summed E-state index contributed by atoms with van der Waals surface area (Å²) in [5.74, 6) is 0.105. The quantitative estimate of drug-likeness (QED) is 0.633. The second-order valence-corrected chi connectivity index (χ2v) is 7.54. The Hall–Kier alpha value is -3.41. The molecule has 0 bridgehead atoms.